The second-order valence-electron chi connectivity index (χ2n) is 12.3. The van der Waals surface area contributed by atoms with Gasteiger partial charge in [-0.2, -0.15) is 0 Å². The molecule has 2 aromatic carbocycles. The maximum atomic E-state index is 10.6. The van der Waals surface area contributed by atoms with E-state index in [2.05, 4.69) is 0 Å². The molecule has 0 aliphatic carbocycles. The zero-order valence-corrected chi connectivity index (χ0v) is 26.7. The molecule has 284 valence electrons. The van der Waals surface area contributed by atoms with Crippen LogP contribution < -0.4 is 9.47 Å². The summed E-state index contributed by atoms with van der Waals surface area (Å²) < 4.78 is 32.8. The van der Waals surface area contributed by atoms with Crippen molar-refractivity contribution in [3.63, 3.8) is 0 Å². The summed E-state index contributed by atoms with van der Waals surface area (Å²) in [5.74, 6) is -0.595. The first-order chi connectivity index (χ1) is 24.2. The number of ether oxygens (including phenoxy) is 6. The number of hydrogen-bond donors (Lipinski definition) is 13. The number of phenols is 2. The Morgan fingerprint density at radius 2 is 1.04 bits per heavy atom. The lowest BCUT2D eigenvalue weighted by molar-refractivity contribution is -0.323. The fourth-order valence-electron chi connectivity index (χ4n) is 5.67. The van der Waals surface area contributed by atoms with Gasteiger partial charge in [-0.15, -0.1) is 0 Å². The monoisotopic (exact) mass is 730 g/mol. The van der Waals surface area contributed by atoms with E-state index in [-0.39, 0.29) is 28.6 Å². The lowest BCUT2D eigenvalue weighted by atomic mass is 9.98. The van der Waals surface area contributed by atoms with Gasteiger partial charge in [-0.3, -0.25) is 0 Å². The summed E-state index contributed by atoms with van der Waals surface area (Å²) in [7, 11) is 0. The summed E-state index contributed by atoms with van der Waals surface area (Å²) >= 11 is 0. The SMILES string of the molecule is OC[C@H]1O[C@@H](OC[C@H]2O[C@@H](Oc3cc(O)cc(C=Cc4ccc(O[C@@H]5O[C@H](CO)[C@@H](O)[C@H](O)[C@H]5O)cc4O)c3)[C@H](O)[C@@H](O)[C@@H]2O)[C@H](O)[C@@H](O)[C@@H]1O. The van der Waals surface area contributed by atoms with E-state index >= 15 is 0 Å². The molecule has 3 fully saturated rings. The number of aliphatic hydroxyl groups is 11. The fraction of sp³-hybridized carbons (Fsp3) is 0.562. The second kappa shape index (κ2) is 16.6. The van der Waals surface area contributed by atoms with E-state index in [1.807, 2.05) is 0 Å². The van der Waals surface area contributed by atoms with Crippen molar-refractivity contribution in [2.75, 3.05) is 19.8 Å². The van der Waals surface area contributed by atoms with Crippen LogP contribution in [0.15, 0.2) is 36.4 Å². The van der Waals surface area contributed by atoms with E-state index in [0.717, 1.165) is 0 Å². The minimum Gasteiger partial charge on any atom is -0.508 e. The van der Waals surface area contributed by atoms with Crippen LogP contribution in [-0.4, -0.2) is 178 Å². The van der Waals surface area contributed by atoms with E-state index in [1.165, 1.54) is 48.6 Å². The maximum Gasteiger partial charge on any atom is 0.229 e. The minimum atomic E-state index is -1.81. The zero-order chi connectivity index (χ0) is 37.1. The molecule has 3 saturated heterocycles. The minimum absolute atomic E-state index is 0.0252. The molecule has 3 aliphatic rings. The molecular weight excluding hydrogens is 688 g/mol. The smallest absolute Gasteiger partial charge is 0.229 e. The standard InChI is InChI=1S/C32H42O19/c33-9-18-21(37)24(40)27(43)30(49-18)46-11-20-23(39)26(42)29(45)32(51-20)48-16-6-12(5-14(35)7-16)1-2-13-3-4-15(8-17(13)36)47-31-28(44)25(41)22(38)19(10-34)50-31/h1-8,18-45H,9-11H2/t18-,19-,20-,21-,22-,23-,24+,25+,26+,27-,28-,29-,30-,31-,32-/m1/s1. The predicted octanol–water partition coefficient (Wildman–Crippen LogP) is -4.55. The first kappa shape index (κ1) is 39.0. The van der Waals surface area contributed by atoms with Crippen LogP contribution in [0.2, 0.25) is 0 Å². The van der Waals surface area contributed by atoms with Crippen molar-refractivity contribution in [1.29, 1.82) is 0 Å². The van der Waals surface area contributed by atoms with Crippen LogP contribution in [0, 0.1) is 0 Å². The van der Waals surface area contributed by atoms with Gasteiger partial charge in [0.1, 0.15) is 96.2 Å². The largest absolute Gasteiger partial charge is 0.508 e. The first-order valence-corrected chi connectivity index (χ1v) is 15.8. The van der Waals surface area contributed by atoms with Gasteiger partial charge in [-0.1, -0.05) is 12.2 Å². The van der Waals surface area contributed by atoms with Crippen molar-refractivity contribution in [3.8, 4) is 23.0 Å². The third-order valence-corrected chi connectivity index (χ3v) is 8.67. The molecule has 0 saturated carbocycles. The van der Waals surface area contributed by atoms with Gasteiger partial charge >= 0.3 is 0 Å². The number of aromatic hydroxyl groups is 2. The van der Waals surface area contributed by atoms with Crippen LogP contribution in [0.25, 0.3) is 12.2 Å². The Balaban J connectivity index is 1.23. The van der Waals surface area contributed by atoms with Crippen molar-refractivity contribution in [2.24, 2.45) is 0 Å². The van der Waals surface area contributed by atoms with Crippen molar-refractivity contribution in [2.45, 2.75) is 92.1 Å². The lowest BCUT2D eigenvalue weighted by Crippen LogP contribution is -2.62. The van der Waals surface area contributed by atoms with Crippen LogP contribution in [0.4, 0.5) is 0 Å². The van der Waals surface area contributed by atoms with E-state index in [0.29, 0.717) is 5.56 Å². The highest BCUT2D eigenvalue weighted by Crippen LogP contribution is 2.32. The molecule has 3 heterocycles. The van der Waals surface area contributed by atoms with Crippen LogP contribution in [-0.2, 0) is 18.9 Å². The Morgan fingerprint density at radius 3 is 1.61 bits per heavy atom. The number of rotatable bonds is 11. The van der Waals surface area contributed by atoms with Crippen molar-refractivity contribution < 1.29 is 94.8 Å². The van der Waals surface area contributed by atoms with Crippen molar-refractivity contribution in [3.05, 3.63) is 47.5 Å². The Morgan fingerprint density at radius 1 is 0.529 bits per heavy atom. The molecule has 3 aliphatic heterocycles. The molecule has 2 aromatic rings. The summed E-state index contributed by atoms with van der Waals surface area (Å²) in [4.78, 5) is 0. The number of phenolic OH excluding ortho intramolecular Hbond substituents is 2. The van der Waals surface area contributed by atoms with E-state index < -0.39 is 112 Å². The third kappa shape index (κ3) is 8.71. The Kier molecular flexibility index (Phi) is 12.7. The zero-order valence-electron chi connectivity index (χ0n) is 26.7. The molecule has 5 rings (SSSR count). The van der Waals surface area contributed by atoms with Crippen LogP contribution >= 0.6 is 0 Å². The Bertz CT molecular complexity index is 1470. The summed E-state index contributed by atoms with van der Waals surface area (Å²) in [6.45, 7) is -1.92. The second-order valence-corrected chi connectivity index (χ2v) is 12.3. The van der Waals surface area contributed by atoms with Crippen molar-refractivity contribution >= 4 is 12.2 Å². The number of hydrogen-bond acceptors (Lipinski definition) is 19. The van der Waals surface area contributed by atoms with E-state index in [9.17, 15) is 66.4 Å². The molecule has 0 aromatic heterocycles. The van der Waals surface area contributed by atoms with E-state index in [4.69, 9.17) is 28.4 Å². The highest BCUT2D eigenvalue weighted by molar-refractivity contribution is 5.74. The first-order valence-electron chi connectivity index (χ1n) is 15.8. The van der Waals surface area contributed by atoms with Gasteiger partial charge < -0.3 is 94.8 Å². The lowest BCUT2D eigenvalue weighted by Gasteiger charge is -2.42. The molecule has 0 bridgehead atoms. The van der Waals surface area contributed by atoms with Crippen LogP contribution in [0.3, 0.4) is 0 Å². The molecule has 13 N–H and O–H groups in total. The van der Waals surface area contributed by atoms with E-state index in [1.54, 1.807) is 0 Å². The Labute approximate surface area is 289 Å². The normalized spacial score (nSPS) is 38.8. The molecule has 15 atom stereocenters. The van der Waals surface area contributed by atoms with Crippen LogP contribution in [0.5, 0.6) is 23.0 Å². The Hall–Kier alpha value is -3.22. The maximum absolute atomic E-state index is 10.6. The molecule has 51 heavy (non-hydrogen) atoms. The molecule has 0 amide bonds. The summed E-state index contributed by atoms with van der Waals surface area (Å²) in [5.41, 5.74) is 0.604. The van der Waals surface area contributed by atoms with Gasteiger partial charge in [0, 0.05) is 17.7 Å². The number of benzene rings is 2. The molecule has 0 unspecified atom stereocenters. The highest BCUT2D eigenvalue weighted by atomic mass is 16.7. The van der Waals surface area contributed by atoms with Gasteiger partial charge in [0.05, 0.1) is 19.8 Å². The molecule has 0 spiro atoms. The van der Waals surface area contributed by atoms with Gasteiger partial charge in [0.2, 0.25) is 12.6 Å². The van der Waals surface area contributed by atoms with Gasteiger partial charge in [0.15, 0.2) is 6.29 Å². The average Bonchev–Trinajstić information content (AvgIpc) is 3.10. The molecule has 19 heteroatoms. The highest BCUT2D eigenvalue weighted by Gasteiger charge is 2.48. The fourth-order valence-corrected chi connectivity index (χ4v) is 5.67. The molecule has 0 radical (unpaired) electrons. The van der Waals surface area contributed by atoms with Crippen molar-refractivity contribution in [1.82, 2.24) is 0 Å². The summed E-state index contributed by atoms with van der Waals surface area (Å²) in [5, 5.41) is 131. The average molecular weight is 731 g/mol. The van der Waals surface area contributed by atoms with Gasteiger partial charge in [-0.25, -0.2) is 0 Å². The third-order valence-electron chi connectivity index (χ3n) is 8.67. The summed E-state index contributed by atoms with van der Waals surface area (Å²) in [6, 6.07) is 7.97. The summed E-state index contributed by atoms with van der Waals surface area (Å²) in [6.07, 6.45) is -20.8. The topological polar surface area (TPSA) is 318 Å². The quantitative estimate of drug-likeness (QED) is 0.0968. The van der Waals surface area contributed by atoms with Crippen LogP contribution in [0.1, 0.15) is 11.1 Å². The number of aliphatic hydroxyl groups excluding tert-OH is 11. The predicted molar refractivity (Wildman–Crippen MR) is 167 cm³/mol. The van der Waals surface area contributed by atoms with Gasteiger partial charge in [-0.05, 0) is 29.8 Å². The van der Waals surface area contributed by atoms with Gasteiger partial charge in [0.25, 0.3) is 0 Å². The molecular formula is C32H42O19. The molecule has 19 nitrogen and oxygen atoms in total.